The van der Waals surface area contributed by atoms with Gasteiger partial charge in [0.2, 0.25) is 0 Å². The fraction of sp³-hybridized carbons (Fsp3) is 0.611. The van der Waals surface area contributed by atoms with Gasteiger partial charge in [0.25, 0.3) is 0 Å². The smallest absolute Gasteiger partial charge is 0.407 e. The van der Waals surface area contributed by atoms with Gasteiger partial charge in [-0.05, 0) is 46.1 Å². The van der Waals surface area contributed by atoms with Crippen LogP contribution in [-0.4, -0.2) is 35.7 Å². The van der Waals surface area contributed by atoms with Gasteiger partial charge in [-0.1, -0.05) is 30.3 Å². The fourth-order valence-electron chi connectivity index (χ4n) is 2.85. The van der Waals surface area contributed by atoms with Crippen LogP contribution in [0.4, 0.5) is 4.79 Å². The summed E-state index contributed by atoms with van der Waals surface area (Å²) in [5.41, 5.74) is 0.910. The van der Waals surface area contributed by atoms with Crippen LogP contribution in [0.2, 0.25) is 0 Å². The minimum atomic E-state index is -0.438. The van der Waals surface area contributed by atoms with Crippen molar-refractivity contribution in [1.29, 1.82) is 0 Å². The number of hydrogen-bond donors (Lipinski definition) is 1. The fourth-order valence-corrected chi connectivity index (χ4v) is 2.85. The van der Waals surface area contributed by atoms with E-state index < -0.39 is 5.60 Å². The molecular formula is C18H28N2O2. The maximum Gasteiger partial charge on any atom is 0.407 e. The predicted octanol–water partition coefficient (Wildman–Crippen LogP) is 3.74. The van der Waals surface area contributed by atoms with Gasteiger partial charge in [-0.2, -0.15) is 0 Å². The van der Waals surface area contributed by atoms with Crippen LogP contribution in [0, 0.1) is 0 Å². The molecule has 1 atom stereocenters. The third kappa shape index (κ3) is 5.02. The van der Waals surface area contributed by atoms with E-state index in [0.29, 0.717) is 6.04 Å². The van der Waals surface area contributed by atoms with Gasteiger partial charge in [0.05, 0.1) is 0 Å². The Morgan fingerprint density at radius 2 is 1.82 bits per heavy atom. The molecule has 0 aromatic heterocycles. The molecule has 4 heteroatoms. The third-order valence-corrected chi connectivity index (χ3v) is 4.08. The molecule has 1 aromatic rings. The van der Waals surface area contributed by atoms with Crippen LogP contribution in [0.1, 0.15) is 52.1 Å². The zero-order chi connectivity index (χ0) is 16.2. The first-order chi connectivity index (χ1) is 10.3. The van der Waals surface area contributed by atoms with E-state index in [4.69, 9.17) is 4.74 Å². The van der Waals surface area contributed by atoms with E-state index in [9.17, 15) is 4.79 Å². The van der Waals surface area contributed by atoms with Crippen molar-refractivity contribution in [2.45, 2.75) is 58.2 Å². The molecule has 4 nitrogen and oxygen atoms in total. The number of ether oxygens (including phenoxy) is 1. The second-order valence-corrected chi connectivity index (χ2v) is 7.04. The van der Waals surface area contributed by atoms with Gasteiger partial charge in [0.15, 0.2) is 0 Å². The summed E-state index contributed by atoms with van der Waals surface area (Å²) in [4.78, 5) is 14.3. The number of nitrogens with zero attached hydrogens (tertiary/aromatic N) is 1. The molecule has 0 aliphatic carbocycles. The zero-order valence-corrected chi connectivity index (χ0v) is 14.1. The van der Waals surface area contributed by atoms with Crippen molar-refractivity contribution >= 4 is 6.09 Å². The van der Waals surface area contributed by atoms with Crippen LogP contribution in [0.5, 0.6) is 0 Å². The summed E-state index contributed by atoms with van der Waals surface area (Å²) < 4.78 is 5.32. The number of benzene rings is 1. The van der Waals surface area contributed by atoms with E-state index in [2.05, 4.69) is 41.4 Å². The molecule has 122 valence electrons. The first-order valence-electron chi connectivity index (χ1n) is 8.13. The van der Waals surface area contributed by atoms with Crippen molar-refractivity contribution in [3.63, 3.8) is 0 Å². The van der Waals surface area contributed by atoms with Crippen molar-refractivity contribution < 1.29 is 9.53 Å². The van der Waals surface area contributed by atoms with E-state index in [1.54, 1.807) is 0 Å². The number of piperidine rings is 1. The molecule has 0 spiro atoms. The van der Waals surface area contributed by atoms with Crippen LogP contribution in [0.3, 0.4) is 0 Å². The predicted molar refractivity (Wildman–Crippen MR) is 88.8 cm³/mol. The molecule has 0 radical (unpaired) electrons. The molecule has 1 amide bonds. The largest absolute Gasteiger partial charge is 0.444 e. The SMILES string of the molecule is C[C@H](c1ccccc1)N1CCC(NC(=O)OC(C)(C)C)CC1. The summed E-state index contributed by atoms with van der Waals surface area (Å²) in [7, 11) is 0. The summed E-state index contributed by atoms with van der Waals surface area (Å²) in [5, 5.41) is 2.99. The van der Waals surface area contributed by atoms with Gasteiger partial charge in [0, 0.05) is 25.2 Å². The first-order valence-corrected chi connectivity index (χ1v) is 8.13. The van der Waals surface area contributed by atoms with Crippen molar-refractivity contribution in [2.24, 2.45) is 0 Å². The van der Waals surface area contributed by atoms with Gasteiger partial charge in [-0.3, -0.25) is 4.90 Å². The maximum atomic E-state index is 11.8. The average Bonchev–Trinajstić information content (AvgIpc) is 2.46. The molecule has 1 aliphatic rings. The number of alkyl carbamates (subject to hydrolysis) is 1. The van der Waals surface area contributed by atoms with Crippen LogP contribution in [0.15, 0.2) is 30.3 Å². The second-order valence-electron chi connectivity index (χ2n) is 7.04. The lowest BCUT2D eigenvalue weighted by molar-refractivity contribution is 0.0470. The zero-order valence-electron chi connectivity index (χ0n) is 14.1. The summed E-state index contributed by atoms with van der Waals surface area (Å²) in [5.74, 6) is 0. The van der Waals surface area contributed by atoms with Crippen molar-refractivity contribution in [3.8, 4) is 0 Å². The Morgan fingerprint density at radius 1 is 1.23 bits per heavy atom. The molecule has 0 bridgehead atoms. The first kappa shape index (κ1) is 16.8. The Labute approximate surface area is 133 Å². The Hall–Kier alpha value is -1.55. The highest BCUT2D eigenvalue weighted by molar-refractivity contribution is 5.68. The Morgan fingerprint density at radius 3 is 2.36 bits per heavy atom. The number of carbonyl (C=O) groups is 1. The quantitative estimate of drug-likeness (QED) is 0.925. The summed E-state index contributed by atoms with van der Waals surface area (Å²) in [6, 6.07) is 11.2. The number of likely N-dealkylation sites (tertiary alicyclic amines) is 1. The van der Waals surface area contributed by atoms with E-state index in [1.807, 2.05) is 26.8 Å². The average molecular weight is 304 g/mol. The van der Waals surface area contributed by atoms with Crippen LogP contribution < -0.4 is 5.32 Å². The standard InChI is InChI=1S/C18H28N2O2/c1-14(15-8-6-5-7-9-15)20-12-10-16(11-13-20)19-17(21)22-18(2,3)4/h5-9,14,16H,10-13H2,1-4H3,(H,19,21)/t14-/m1/s1. The highest BCUT2D eigenvalue weighted by atomic mass is 16.6. The van der Waals surface area contributed by atoms with Crippen molar-refractivity contribution in [3.05, 3.63) is 35.9 Å². The van der Waals surface area contributed by atoms with Gasteiger partial charge < -0.3 is 10.1 Å². The van der Waals surface area contributed by atoms with Gasteiger partial charge in [0.1, 0.15) is 5.60 Å². The molecule has 0 unspecified atom stereocenters. The molecule has 1 aliphatic heterocycles. The number of rotatable bonds is 3. The topological polar surface area (TPSA) is 41.6 Å². The normalized spacial score (nSPS) is 18.7. The number of carbonyl (C=O) groups excluding carboxylic acids is 1. The third-order valence-electron chi connectivity index (χ3n) is 4.08. The number of hydrogen-bond acceptors (Lipinski definition) is 3. The van der Waals surface area contributed by atoms with E-state index >= 15 is 0 Å². The Bertz CT molecular complexity index is 474. The molecule has 1 heterocycles. The highest BCUT2D eigenvalue weighted by Gasteiger charge is 2.26. The number of nitrogens with one attached hydrogen (secondary N) is 1. The van der Waals surface area contributed by atoms with Crippen molar-refractivity contribution in [1.82, 2.24) is 10.2 Å². The lowest BCUT2D eigenvalue weighted by Crippen LogP contribution is -2.46. The van der Waals surface area contributed by atoms with Crippen LogP contribution >= 0.6 is 0 Å². The van der Waals surface area contributed by atoms with Gasteiger partial charge in [-0.25, -0.2) is 4.79 Å². The molecule has 2 rings (SSSR count). The molecule has 1 saturated heterocycles. The van der Waals surface area contributed by atoms with Crippen molar-refractivity contribution in [2.75, 3.05) is 13.1 Å². The van der Waals surface area contributed by atoms with Crippen LogP contribution in [0.25, 0.3) is 0 Å². The Kier molecular flexibility index (Phi) is 5.46. The molecular weight excluding hydrogens is 276 g/mol. The molecule has 1 N–H and O–H groups in total. The highest BCUT2D eigenvalue weighted by Crippen LogP contribution is 2.24. The minimum absolute atomic E-state index is 0.217. The Balaban J connectivity index is 1.79. The monoisotopic (exact) mass is 304 g/mol. The lowest BCUT2D eigenvalue weighted by atomic mass is 10.0. The second kappa shape index (κ2) is 7.14. The molecule has 1 aromatic carbocycles. The summed E-state index contributed by atoms with van der Waals surface area (Å²) in [6.45, 7) is 9.90. The minimum Gasteiger partial charge on any atom is -0.444 e. The maximum absolute atomic E-state index is 11.8. The van der Waals surface area contributed by atoms with Crippen LogP contribution in [-0.2, 0) is 4.74 Å². The van der Waals surface area contributed by atoms with E-state index in [-0.39, 0.29) is 12.1 Å². The number of amides is 1. The summed E-state index contributed by atoms with van der Waals surface area (Å²) in [6.07, 6.45) is 1.63. The molecule has 1 fully saturated rings. The molecule has 22 heavy (non-hydrogen) atoms. The van der Waals surface area contributed by atoms with Gasteiger partial charge >= 0.3 is 6.09 Å². The lowest BCUT2D eigenvalue weighted by Gasteiger charge is -2.36. The summed E-state index contributed by atoms with van der Waals surface area (Å²) >= 11 is 0. The molecule has 0 saturated carbocycles. The van der Waals surface area contributed by atoms with E-state index in [1.165, 1.54) is 5.56 Å². The van der Waals surface area contributed by atoms with E-state index in [0.717, 1.165) is 25.9 Å². The van der Waals surface area contributed by atoms with Gasteiger partial charge in [-0.15, -0.1) is 0 Å².